The minimum atomic E-state index is -1.23. The van der Waals surface area contributed by atoms with E-state index < -0.39 is 15.5 Å². The van der Waals surface area contributed by atoms with E-state index in [1.165, 1.54) is 0 Å². The van der Waals surface area contributed by atoms with E-state index in [-0.39, 0.29) is 6.29 Å². The van der Waals surface area contributed by atoms with Crippen molar-refractivity contribution in [2.24, 2.45) is 0 Å². The van der Waals surface area contributed by atoms with Gasteiger partial charge in [0.2, 0.25) is 0 Å². The maximum Gasteiger partial charge on any atom is 0.160 e. The second-order valence-electron chi connectivity index (χ2n) is 3.93. The Bertz CT molecular complexity index is 387. The Labute approximate surface area is 109 Å². The van der Waals surface area contributed by atoms with E-state index in [0.29, 0.717) is 19.6 Å². The van der Waals surface area contributed by atoms with Gasteiger partial charge in [-0.1, -0.05) is 17.7 Å². The van der Waals surface area contributed by atoms with Crippen LogP contribution in [0, 0.1) is 6.92 Å². The molecule has 2 atom stereocenters. The molecule has 17 heavy (non-hydrogen) atoms. The molecule has 0 aromatic heterocycles. The van der Waals surface area contributed by atoms with Crippen LogP contribution in [0.2, 0.25) is 0 Å². The molecule has 0 spiro atoms. The molecule has 5 heteroatoms. The van der Waals surface area contributed by atoms with Gasteiger partial charge in [0, 0.05) is 11.3 Å². The number of aryl methyl sites for hydroxylation is 1. The first-order valence-electron chi connectivity index (χ1n) is 5.51. The monoisotopic (exact) mass is 274 g/mol. The number of rotatable bonds is 4. The summed E-state index contributed by atoms with van der Waals surface area (Å²) in [5.41, 5.74) is 1.14. The van der Waals surface area contributed by atoms with Crippen molar-refractivity contribution in [1.82, 2.24) is 0 Å². The summed E-state index contributed by atoms with van der Waals surface area (Å²) < 4.78 is 22.2. The van der Waals surface area contributed by atoms with E-state index in [1.807, 2.05) is 31.2 Å². The lowest BCUT2D eigenvalue weighted by Crippen LogP contribution is -2.18. The molecular formula is C12H15ClO3S. The van der Waals surface area contributed by atoms with E-state index >= 15 is 0 Å². The second kappa shape index (κ2) is 5.96. The Kier molecular flexibility index (Phi) is 4.56. The highest BCUT2D eigenvalue weighted by molar-refractivity contribution is 7.87. The van der Waals surface area contributed by atoms with E-state index in [0.717, 1.165) is 10.5 Å². The summed E-state index contributed by atoms with van der Waals surface area (Å²) in [5.74, 6) is 0. The number of hydrogen-bond acceptors (Lipinski definition) is 3. The molecule has 1 heterocycles. The van der Waals surface area contributed by atoms with Gasteiger partial charge in [-0.3, -0.25) is 4.21 Å². The highest BCUT2D eigenvalue weighted by atomic mass is 35.5. The SMILES string of the molecule is Cc1ccc([S@](=O)[C@@H](Cl)CC2OCCO2)cc1. The van der Waals surface area contributed by atoms with Crippen LogP contribution in [0.1, 0.15) is 12.0 Å². The van der Waals surface area contributed by atoms with E-state index in [4.69, 9.17) is 21.1 Å². The molecule has 1 aromatic carbocycles. The van der Waals surface area contributed by atoms with Crippen LogP contribution in [0.15, 0.2) is 29.2 Å². The average molecular weight is 275 g/mol. The topological polar surface area (TPSA) is 35.5 Å². The molecule has 1 fully saturated rings. The molecule has 1 saturated heterocycles. The lowest BCUT2D eigenvalue weighted by molar-refractivity contribution is -0.0438. The highest BCUT2D eigenvalue weighted by Gasteiger charge is 2.24. The first-order chi connectivity index (χ1) is 8.16. The van der Waals surface area contributed by atoms with Crippen LogP contribution in [0.5, 0.6) is 0 Å². The fourth-order valence-corrected chi connectivity index (χ4v) is 3.09. The molecule has 3 nitrogen and oxygen atoms in total. The van der Waals surface area contributed by atoms with Gasteiger partial charge in [-0.2, -0.15) is 0 Å². The Morgan fingerprint density at radius 1 is 1.35 bits per heavy atom. The molecule has 2 rings (SSSR count). The summed E-state index contributed by atoms with van der Waals surface area (Å²) in [6.45, 7) is 3.17. The molecule has 1 aliphatic heterocycles. The van der Waals surface area contributed by atoms with Crippen molar-refractivity contribution in [2.45, 2.75) is 29.2 Å². The quantitative estimate of drug-likeness (QED) is 0.791. The van der Waals surface area contributed by atoms with Gasteiger partial charge in [0.05, 0.1) is 24.0 Å². The predicted octanol–water partition coefficient (Wildman–Crippen LogP) is 2.43. The van der Waals surface area contributed by atoms with Crippen molar-refractivity contribution in [2.75, 3.05) is 13.2 Å². The Balaban J connectivity index is 1.96. The molecule has 0 N–H and O–H groups in total. The lowest BCUT2D eigenvalue weighted by Gasteiger charge is -2.13. The average Bonchev–Trinajstić information content (AvgIpc) is 2.82. The van der Waals surface area contributed by atoms with Gasteiger partial charge in [0.25, 0.3) is 0 Å². The predicted molar refractivity (Wildman–Crippen MR) is 67.5 cm³/mol. The molecule has 0 aliphatic carbocycles. The van der Waals surface area contributed by atoms with Crippen molar-refractivity contribution < 1.29 is 13.7 Å². The smallest absolute Gasteiger partial charge is 0.160 e. The van der Waals surface area contributed by atoms with Crippen molar-refractivity contribution in [3.05, 3.63) is 29.8 Å². The number of alkyl halides is 1. The number of ether oxygens (including phenoxy) is 2. The van der Waals surface area contributed by atoms with Gasteiger partial charge in [0.1, 0.15) is 4.71 Å². The zero-order valence-electron chi connectivity index (χ0n) is 9.60. The van der Waals surface area contributed by atoms with Crippen molar-refractivity contribution in [3.8, 4) is 0 Å². The van der Waals surface area contributed by atoms with Crippen LogP contribution in [-0.4, -0.2) is 28.4 Å². The first-order valence-corrected chi connectivity index (χ1v) is 7.16. The van der Waals surface area contributed by atoms with Crippen LogP contribution < -0.4 is 0 Å². The van der Waals surface area contributed by atoms with Gasteiger partial charge >= 0.3 is 0 Å². The van der Waals surface area contributed by atoms with Gasteiger partial charge in [-0.05, 0) is 19.1 Å². The highest BCUT2D eigenvalue weighted by Crippen LogP contribution is 2.21. The fourth-order valence-electron chi connectivity index (χ4n) is 1.60. The second-order valence-corrected chi connectivity index (χ2v) is 6.35. The number of halogens is 1. The Morgan fingerprint density at radius 3 is 2.53 bits per heavy atom. The number of benzene rings is 1. The summed E-state index contributed by atoms with van der Waals surface area (Å²) >= 11 is 6.13. The maximum absolute atomic E-state index is 12.1. The molecule has 0 saturated carbocycles. The van der Waals surface area contributed by atoms with Crippen molar-refractivity contribution in [1.29, 1.82) is 0 Å². The zero-order valence-corrected chi connectivity index (χ0v) is 11.2. The van der Waals surface area contributed by atoms with Crippen LogP contribution >= 0.6 is 11.6 Å². The number of hydrogen-bond donors (Lipinski definition) is 0. The zero-order chi connectivity index (χ0) is 12.3. The lowest BCUT2D eigenvalue weighted by atomic mass is 10.2. The van der Waals surface area contributed by atoms with Gasteiger partial charge < -0.3 is 9.47 Å². The third-order valence-electron chi connectivity index (χ3n) is 2.55. The van der Waals surface area contributed by atoms with Crippen molar-refractivity contribution in [3.63, 3.8) is 0 Å². The minimum Gasteiger partial charge on any atom is -0.350 e. The molecule has 0 radical (unpaired) electrons. The Morgan fingerprint density at radius 2 is 1.94 bits per heavy atom. The molecule has 1 aromatic rings. The minimum absolute atomic E-state index is 0.313. The summed E-state index contributed by atoms with van der Waals surface area (Å²) in [4.78, 5) is 0.744. The van der Waals surface area contributed by atoms with Crippen LogP contribution in [0.25, 0.3) is 0 Å². The normalized spacial score (nSPS) is 20.4. The third kappa shape index (κ3) is 3.52. The standard InChI is InChI=1S/C12H15ClO3S/c1-9-2-4-10(5-3-9)17(14)11(13)8-12-15-6-7-16-12/h2-5,11-12H,6-8H2,1H3/t11-,17+/m1/s1. The van der Waals surface area contributed by atoms with E-state index in [1.54, 1.807) is 0 Å². The molecular weight excluding hydrogens is 260 g/mol. The molecule has 0 amide bonds. The van der Waals surface area contributed by atoms with E-state index in [2.05, 4.69) is 0 Å². The summed E-state index contributed by atoms with van der Waals surface area (Å²) in [7, 11) is -1.23. The van der Waals surface area contributed by atoms with Crippen LogP contribution in [0.3, 0.4) is 0 Å². The first kappa shape index (κ1) is 13.0. The summed E-state index contributed by atoms with van der Waals surface area (Å²) in [6.07, 6.45) is 0.133. The third-order valence-corrected chi connectivity index (χ3v) is 4.61. The fraction of sp³-hybridized carbons (Fsp3) is 0.500. The summed E-state index contributed by atoms with van der Waals surface area (Å²) in [5, 5.41) is 0. The molecule has 0 bridgehead atoms. The van der Waals surface area contributed by atoms with Gasteiger partial charge in [-0.15, -0.1) is 11.6 Å². The van der Waals surface area contributed by atoms with E-state index in [9.17, 15) is 4.21 Å². The van der Waals surface area contributed by atoms with Crippen LogP contribution in [0.4, 0.5) is 0 Å². The molecule has 1 aliphatic rings. The molecule has 94 valence electrons. The van der Waals surface area contributed by atoms with Crippen LogP contribution in [-0.2, 0) is 20.3 Å². The van der Waals surface area contributed by atoms with Crippen molar-refractivity contribution >= 4 is 22.4 Å². The van der Waals surface area contributed by atoms with Gasteiger partial charge in [-0.25, -0.2) is 0 Å². The largest absolute Gasteiger partial charge is 0.350 e. The Hall–Kier alpha value is -0.420. The summed E-state index contributed by atoms with van der Waals surface area (Å²) in [6, 6.07) is 7.55. The molecule has 0 unspecified atom stereocenters. The van der Waals surface area contributed by atoms with Gasteiger partial charge in [0.15, 0.2) is 6.29 Å². The maximum atomic E-state index is 12.1.